The van der Waals surface area contributed by atoms with Crippen molar-refractivity contribution >= 4 is 17.7 Å². The summed E-state index contributed by atoms with van der Waals surface area (Å²) in [6, 6.07) is 10.9. The lowest BCUT2D eigenvalue weighted by atomic mass is 10.1. The maximum atomic E-state index is 12.0. The number of rotatable bonds is 6. The molecule has 0 aliphatic heterocycles. The second-order valence-corrected chi connectivity index (χ2v) is 5.55. The van der Waals surface area contributed by atoms with Crippen molar-refractivity contribution in [1.29, 1.82) is 0 Å². The van der Waals surface area contributed by atoms with Crippen LogP contribution in [0.2, 0.25) is 0 Å². The van der Waals surface area contributed by atoms with Crippen LogP contribution in [0.5, 0.6) is 5.88 Å². The Labute approximate surface area is 132 Å². The van der Waals surface area contributed by atoms with Crippen molar-refractivity contribution in [2.75, 3.05) is 12.9 Å². The largest absolute Gasteiger partial charge is 0.481 e. The summed E-state index contributed by atoms with van der Waals surface area (Å²) in [5.41, 5.74) is 0.723. The molecule has 0 saturated heterocycles. The summed E-state index contributed by atoms with van der Waals surface area (Å²) in [5, 5.41) is 3.25. The summed E-state index contributed by atoms with van der Waals surface area (Å²) >= 11 is 1.15. The van der Waals surface area contributed by atoms with Gasteiger partial charge >= 0.3 is 0 Å². The van der Waals surface area contributed by atoms with Crippen molar-refractivity contribution in [1.82, 2.24) is 15.3 Å². The number of aromatic amines is 1. The number of carbonyl (C=O) groups is 1. The van der Waals surface area contributed by atoms with Crippen LogP contribution in [0, 0.1) is 0 Å². The Morgan fingerprint density at radius 1 is 1.41 bits per heavy atom. The molecule has 22 heavy (non-hydrogen) atoms. The molecular formula is C15H17N3O3S. The van der Waals surface area contributed by atoms with Gasteiger partial charge in [-0.1, -0.05) is 42.1 Å². The zero-order chi connectivity index (χ0) is 15.9. The van der Waals surface area contributed by atoms with Gasteiger partial charge in [-0.05, 0) is 12.5 Å². The first-order valence-corrected chi connectivity index (χ1v) is 7.69. The predicted octanol–water partition coefficient (Wildman–Crippen LogP) is 1.75. The second kappa shape index (κ2) is 7.65. The third-order valence-corrected chi connectivity index (χ3v) is 3.80. The number of hydrogen-bond acceptors (Lipinski definition) is 5. The van der Waals surface area contributed by atoms with Crippen LogP contribution in [-0.2, 0) is 4.79 Å². The molecule has 0 fully saturated rings. The topological polar surface area (TPSA) is 84.1 Å². The first-order chi connectivity index (χ1) is 10.6. The Morgan fingerprint density at radius 3 is 2.82 bits per heavy atom. The Kier molecular flexibility index (Phi) is 5.60. The van der Waals surface area contributed by atoms with Crippen LogP contribution in [0.4, 0.5) is 0 Å². The molecule has 0 radical (unpaired) electrons. The Morgan fingerprint density at radius 2 is 2.14 bits per heavy atom. The lowest BCUT2D eigenvalue weighted by molar-refractivity contribution is -0.119. The SMILES string of the molecule is COc1cc(=O)[nH]c(SCC(=O)N[C@@H](C)c2ccccc2)n1. The molecule has 0 bridgehead atoms. The zero-order valence-electron chi connectivity index (χ0n) is 12.3. The number of thioether (sulfide) groups is 1. The minimum atomic E-state index is -0.313. The van der Waals surface area contributed by atoms with Gasteiger partial charge in [-0.3, -0.25) is 9.59 Å². The minimum Gasteiger partial charge on any atom is -0.481 e. The van der Waals surface area contributed by atoms with Crippen molar-refractivity contribution in [3.63, 3.8) is 0 Å². The number of ether oxygens (including phenoxy) is 1. The fourth-order valence-electron chi connectivity index (χ4n) is 1.83. The lowest BCUT2D eigenvalue weighted by Crippen LogP contribution is -2.28. The summed E-state index contributed by atoms with van der Waals surface area (Å²) in [7, 11) is 1.43. The summed E-state index contributed by atoms with van der Waals surface area (Å²) in [6.07, 6.45) is 0. The van der Waals surface area contributed by atoms with Gasteiger partial charge in [-0.15, -0.1) is 0 Å². The van der Waals surface area contributed by atoms with E-state index in [1.807, 2.05) is 37.3 Å². The Balaban J connectivity index is 1.90. The van der Waals surface area contributed by atoms with Gasteiger partial charge in [0.05, 0.1) is 25.0 Å². The number of aromatic nitrogens is 2. The van der Waals surface area contributed by atoms with Crippen molar-refractivity contribution in [3.8, 4) is 5.88 Å². The summed E-state index contributed by atoms with van der Waals surface area (Å²) in [6.45, 7) is 1.92. The van der Waals surface area contributed by atoms with Crippen molar-refractivity contribution in [3.05, 3.63) is 52.3 Å². The minimum absolute atomic E-state index is 0.0772. The number of benzene rings is 1. The second-order valence-electron chi connectivity index (χ2n) is 4.58. The average molecular weight is 319 g/mol. The van der Waals surface area contributed by atoms with Crippen LogP contribution in [0.15, 0.2) is 46.3 Å². The standard InChI is InChI=1S/C15H17N3O3S/c1-10(11-6-4-3-5-7-11)16-13(20)9-22-15-17-12(19)8-14(18-15)21-2/h3-8,10H,9H2,1-2H3,(H,16,20)(H,17,18,19)/t10-/m0/s1. The van der Waals surface area contributed by atoms with Gasteiger partial charge in [0.1, 0.15) is 0 Å². The van der Waals surface area contributed by atoms with Crippen LogP contribution in [-0.4, -0.2) is 28.7 Å². The van der Waals surface area contributed by atoms with Crippen molar-refractivity contribution < 1.29 is 9.53 Å². The van der Waals surface area contributed by atoms with E-state index >= 15 is 0 Å². The van der Waals surface area contributed by atoms with E-state index in [4.69, 9.17) is 4.74 Å². The molecule has 0 spiro atoms. The fourth-order valence-corrected chi connectivity index (χ4v) is 2.51. The fraction of sp³-hybridized carbons (Fsp3) is 0.267. The molecular weight excluding hydrogens is 302 g/mol. The Hall–Kier alpha value is -2.28. The number of nitrogens with one attached hydrogen (secondary N) is 2. The zero-order valence-corrected chi connectivity index (χ0v) is 13.1. The van der Waals surface area contributed by atoms with Crippen LogP contribution in [0.3, 0.4) is 0 Å². The van der Waals surface area contributed by atoms with E-state index in [2.05, 4.69) is 15.3 Å². The van der Waals surface area contributed by atoms with Crippen LogP contribution < -0.4 is 15.6 Å². The maximum Gasteiger partial charge on any atom is 0.255 e. The molecule has 1 atom stereocenters. The van der Waals surface area contributed by atoms with E-state index in [9.17, 15) is 9.59 Å². The number of carbonyl (C=O) groups excluding carboxylic acids is 1. The van der Waals surface area contributed by atoms with Gasteiger partial charge in [0.2, 0.25) is 11.8 Å². The molecule has 0 unspecified atom stereocenters. The first-order valence-electron chi connectivity index (χ1n) is 6.71. The monoisotopic (exact) mass is 319 g/mol. The number of methoxy groups -OCH3 is 1. The maximum absolute atomic E-state index is 12.0. The van der Waals surface area contributed by atoms with Crippen molar-refractivity contribution in [2.24, 2.45) is 0 Å². The number of amides is 1. The quantitative estimate of drug-likeness (QED) is 0.626. The molecule has 1 aromatic carbocycles. The third-order valence-electron chi connectivity index (χ3n) is 2.92. The lowest BCUT2D eigenvalue weighted by Gasteiger charge is -2.13. The number of nitrogens with zero attached hydrogens (tertiary/aromatic N) is 1. The Bertz CT molecular complexity index is 688. The molecule has 0 saturated carbocycles. The highest BCUT2D eigenvalue weighted by atomic mass is 32.2. The van der Waals surface area contributed by atoms with Gasteiger partial charge < -0.3 is 15.0 Å². The number of hydrogen-bond donors (Lipinski definition) is 2. The molecule has 1 amide bonds. The van der Waals surface area contributed by atoms with Crippen LogP contribution >= 0.6 is 11.8 Å². The summed E-state index contributed by atoms with van der Waals surface area (Å²) < 4.78 is 4.92. The molecule has 0 aliphatic rings. The predicted molar refractivity (Wildman–Crippen MR) is 85.1 cm³/mol. The van der Waals surface area contributed by atoms with Crippen LogP contribution in [0.1, 0.15) is 18.5 Å². The normalized spacial score (nSPS) is 11.7. The van der Waals surface area contributed by atoms with Gasteiger partial charge in [-0.2, -0.15) is 4.98 Å². The average Bonchev–Trinajstić information content (AvgIpc) is 2.53. The summed E-state index contributed by atoms with van der Waals surface area (Å²) in [4.78, 5) is 30.0. The molecule has 6 nitrogen and oxygen atoms in total. The van der Waals surface area contributed by atoms with E-state index in [-0.39, 0.29) is 29.1 Å². The molecule has 2 aromatic rings. The van der Waals surface area contributed by atoms with Gasteiger partial charge in [0, 0.05) is 0 Å². The van der Waals surface area contributed by atoms with Gasteiger partial charge in [-0.25, -0.2) is 0 Å². The molecule has 1 aromatic heterocycles. The van der Waals surface area contributed by atoms with E-state index in [1.54, 1.807) is 0 Å². The molecule has 2 N–H and O–H groups in total. The number of H-pyrrole nitrogens is 1. The first kappa shape index (κ1) is 16.1. The summed E-state index contributed by atoms with van der Waals surface area (Å²) in [5.74, 6) is 0.254. The van der Waals surface area contributed by atoms with Gasteiger partial charge in [0.15, 0.2) is 5.16 Å². The smallest absolute Gasteiger partial charge is 0.255 e. The van der Waals surface area contributed by atoms with E-state index < -0.39 is 0 Å². The highest BCUT2D eigenvalue weighted by Crippen LogP contribution is 2.15. The third kappa shape index (κ3) is 4.63. The highest BCUT2D eigenvalue weighted by molar-refractivity contribution is 7.99. The molecule has 0 aliphatic carbocycles. The molecule has 116 valence electrons. The van der Waals surface area contributed by atoms with E-state index in [1.165, 1.54) is 13.2 Å². The molecule has 7 heteroatoms. The van der Waals surface area contributed by atoms with E-state index in [0.29, 0.717) is 5.16 Å². The van der Waals surface area contributed by atoms with Gasteiger partial charge in [0.25, 0.3) is 5.56 Å². The van der Waals surface area contributed by atoms with Crippen LogP contribution in [0.25, 0.3) is 0 Å². The molecule has 1 heterocycles. The van der Waals surface area contributed by atoms with E-state index in [0.717, 1.165) is 17.3 Å². The highest BCUT2D eigenvalue weighted by Gasteiger charge is 2.10. The van der Waals surface area contributed by atoms with Crippen molar-refractivity contribution in [2.45, 2.75) is 18.1 Å². The molecule has 2 rings (SSSR count).